The fourth-order valence-electron chi connectivity index (χ4n) is 1.83. The van der Waals surface area contributed by atoms with Crippen molar-refractivity contribution in [3.05, 3.63) is 34.9 Å². The Labute approximate surface area is 152 Å². The van der Waals surface area contributed by atoms with Gasteiger partial charge in [0.15, 0.2) is 6.61 Å². The van der Waals surface area contributed by atoms with Crippen LogP contribution in [0.4, 0.5) is 17.3 Å². The molecular weight excluding hydrogens is 390 g/mol. The number of anilines is 3. The van der Waals surface area contributed by atoms with Crippen molar-refractivity contribution in [2.75, 3.05) is 17.2 Å². The van der Waals surface area contributed by atoms with E-state index in [9.17, 15) is 4.79 Å². The lowest BCUT2D eigenvalue weighted by Crippen LogP contribution is -2.26. The van der Waals surface area contributed by atoms with Gasteiger partial charge in [-0.1, -0.05) is 12.0 Å². The first-order valence-corrected chi connectivity index (χ1v) is 7.96. The third-order valence-electron chi connectivity index (χ3n) is 2.80. The highest BCUT2D eigenvalue weighted by atomic mass is 79.9. The number of aromatic nitrogens is 2. The van der Waals surface area contributed by atoms with Crippen LogP contribution in [0.25, 0.3) is 0 Å². The number of rotatable bonds is 7. The van der Waals surface area contributed by atoms with Crippen molar-refractivity contribution in [2.45, 2.75) is 12.6 Å². The number of hydrogen-bond acceptors (Lipinski definition) is 7. The molecule has 0 fully saturated rings. The summed E-state index contributed by atoms with van der Waals surface area (Å²) >= 11 is 3.28. The largest absolute Gasteiger partial charge is 0.464 e. The summed E-state index contributed by atoms with van der Waals surface area (Å²) in [5.41, 5.74) is 6.37. The van der Waals surface area contributed by atoms with Crippen molar-refractivity contribution >= 4 is 39.2 Å². The average Bonchev–Trinajstić information content (AvgIpc) is 2.55. The Morgan fingerprint density at radius 1 is 1.48 bits per heavy atom. The fourth-order valence-corrected chi connectivity index (χ4v) is 2.13. The molecule has 0 bridgehead atoms. The summed E-state index contributed by atoms with van der Waals surface area (Å²) in [6.45, 7) is 0.0869. The van der Waals surface area contributed by atoms with E-state index < -0.39 is 12.1 Å². The highest BCUT2D eigenvalue weighted by Gasteiger charge is 2.09. The van der Waals surface area contributed by atoms with Crippen molar-refractivity contribution in [1.82, 2.24) is 9.97 Å². The van der Waals surface area contributed by atoms with Crippen LogP contribution in [0.5, 0.6) is 5.88 Å². The monoisotopic (exact) mass is 405 g/mol. The van der Waals surface area contributed by atoms with Gasteiger partial charge in [-0.15, -0.1) is 6.42 Å². The topological polar surface area (TPSA) is 122 Å². The summed E-state index contributed by atoms with van der Waals surface area (Å²) < 4.78 is 5.89. The summed E-state index contributed by atoms with van der Waals surface area (Å²) in [4.78, 5) is 20.0. The van der Waals surface area contributed by atoms with E-state index >= 15 is 0 Å². The molecule has 0 aliphatic rings. The highest BCUT2D eigenvalue weighted by molar-refractivity contribution is 9.10. The first-order valence-electron chi connectivity index (χ1n) is 7.17. The lowest BCUT2D eigenvalue weighted by molar-refractivity contribution is -0.117. The lowest BCUT2D eigenvalue weighted by atomic mass is 10.2. The summed E-state index contributed by atoms with van der Waals surface area (Å²) in [5, 5.41) is 14.7. The Bertz CT molecular complexity index is 792. The molecule has 0 saturated carbocycles. The molecule has 1 atom stereocenters. The molecule has 1 unspecified atom stereocenters. The van der Waals surface area contributed by atoms with E-state index in [1.165, 1.54) is 6.20 Å². The van der Waals surface area contributed by atoms with Crippen LogP contribution in [0.2, 0.25) is 0 Å². The number of benzene rings is 1. The number of carbonyl (C=O) groups excluding carboxylic acids is 1. The van der Waals surface area contributed by atoms with Gasteiger partial charge in [0.1, 0.15) is 6.23 Å². The predicted molar refractivity (Wildman–Crippen MR) is 97.2 cm³/mol. The van der Waals surface area contributed by atoms with Gasteiger partial charge in [0.2, 0.25) is 17.7 Å². The molecule has 25 heavy (non-hydrogen) atoms. The van der Waals surface area contributed by atoms with E-state index in [2.05, 4.69) is 42.5 Å². The van der Waals surface area contributed by atoms with E-state index in [0.717, 1.165) is 0 Å². The van der Waals surface area contributed by atoms with Crippen LogP contribution in [-0.2, 0) is 4.79 Å². The third kappa shape index (κ3) is 6.04. The summed E-state index contributed by atoms with van der Waals surface area (Å²) in [6.07, 6.45) is 5.32. The van der Waals surface area contributed by atoms with Crippen LogP contribution in [-0.4, -0.2) is 33.8 Å². The molecule has 0 aliphatic heterocycles. The maximum absolute atomic E-state index is 11.6. The number of carbonyl (C=O) groups is 1. The van der Waals surface area contributed by atoms with Gasteiger partial charge in [0, 0.05) is 11.4 Å². The predicted octanol–water partition coefficient (Wildman–Crippen LogP) is 1.60. The maximum atomic E-state index is 11.6. The van der Waals surface area contributed by atoms with E-state index in [1.54, 1.807) is 24.3 Å². The van der Waals surface area contributed by atoms with Crippen LogP contribution in [0, 0.1) is 12.3 Å². The molecule has 2 rings (SSSR count). The van der Waals surface area contributed by atoms with Gasteiger partial charge in [-0.2, -0.15) is 4.98 Å². The smallest absolute Gasteiger partial charge is 0.233 e. The minimum Gasteiger partial charge on any atom is -0.464 e. The SMILES string of the molecule is C#CCOc1nc(Nc2cccc(NC(=O)CC(N)O)c2)ncc1Br. The van der Waals surface area contributed by atoms with Crippen molar-refractivity contribution < 1.29 is 14.6 Å². The lowest BCUT2D eigenvalue weighted by Gasteiger charge is -2.10. The maximum Gasteiger partial charge on any atom is 0.233 e. The fraction of sp³-hybridized carbons (Fsp3) is 0.188. The van der Waals surface area contributed by atoms with E-state index in [4.69, 9.17) is 22.0 Å². The Balaban J connectivity index is 2.09. The molecule has 0 radical (unpaired) electrons. The summed E-state index contributed by atoms with van der Waals surface area (Å²) in [6, 6.07) is 6.91. The number of terminal acetylenes is 1. The molecule has 8 nitrogen and oxygen atoms in total. The highest BCUT2D eigenvalue weighted by Crippen LogP contribution is 2.24. The number of aliphatic hydroxyl groups excluding tert-OH is 1. The van der Waals surface area contributed by atoms with Gasteiger partial charge in [0.25, 0.3) is 0 Å². The Kier molecular flexibility index (Phi) is 6.71. The first kappa shape index (κ1) is 18.7. The second kappa shape index (κ2) is 8.98. The van der Waals surface area contributed by atoms with E-state index in [0.29, 0.717) is 27.7 Å². The van der Waals surface area contributed by atoms with Crippen LogP contribution in [0.1, 0.15) is 6.42 Å². The van der Waals surface area contributed by atoms with E-state index in [1.807, 2.05) is 0 Å². The number of halogens is 1. The molecule has 1 aromatic carbocycles. The molecule has 1 heterocycles. The number of aliphatic hydroxyl groups is 1. The number of amides is 1. The van der Waals surface area contributed by atoms with Gasteiger partial charge in [-0.25, -0.2) is 4.98 Å². The van der Waals surface area contributed by atoms with Gasteiger partial charge in [-0.3, -0.25) is 4.79 Å². The van der Waals surface area contributed by atoms with Crippen LogP contribution >= 0.6 is 15.9 Å². The minimum atomic E-state index is -1.20. The summed E-state index contributed by atoms with van der Waals surface area (Å²) in [5.74, 6) is 2.59. The average molecular weight is 406 g/mol. The zero-order valence-corrected chi connectivity index (χ0v) is 14.7. The molecule has 0 saturated heterocycles. The summed E-state index contributed by atoms with van der Waals surface area (Å²) in [7, 11) is 0. The Morgan fingerprint density at radius 3 is 2.96 bits per heavy atom. The van der Waals surface area contributed by atoms with Crippen molar-refractivity contribution in [3.8, 4) is 18.2 Å². The second-order valence-electron chi connectivity index (χ2n) is 4.86. The number of nitrogens with zero attached hydrogens (tertiary/aromatic N) is 2. The minimum absolute atomic E-state index is 0.0869. The van der Waals surface area contributed by atoms with Crippen molar-refractivity contribution in [1.29, 1.82) is 0 Å². The Hall–Kier alpha value is -2.67. The van der Waals surface area contributed by atoms with Gasteiger partial charge in [-0.05, 0) is 34.1 Å². The molecule has 5 N–H and O–H groups in total. The molecule has 130 valence electrons. The van der Waals surface area contributed by atoms with Gasteiger partial charge >= 0.3 is 0 Å². The molecule has 1 aromatic heterocycles. The van der Waals surface area contributed by atoms with Gasteiger partial charge in [0.05, 0.1) is 17.1 Å². The number of nitrogens with two attached hydrogens (primary N) is 1. The molecule has 9 heteroatoms. The number of hydrogen-bond donors (Lipinski definition) is 4. The van der Waals surface area contributed by atoms with E-state index in [-0.39, 0.29) is 13.0 Å². The van der Waals surface area contributed by atoms with Crippen LogP contribution < -0.4 is 21.1 Å². The number of nitrogens with one attached hydrogen (secondary N) is 2. The first-order chi connectivity index (χ1) is 12.0. The third-order valence-corrected chi connectivity index (χ3v) is 3.35. The molecule has 1 amide bonds. The zero-order chi connectivity index (χ0) is 18.2. The van der Waals surface area contributed by atoms with Crippen LogP contribution in [0.3, 0.4) is 0 Å². The normalized spacial score (nSPS) is 11.3. The molecule has 0 aliphatic carbocycles. The zero-order valence-electron chi connectivity index (χ0n) is 13.1. The van der Waals surface area contributed by atoms with Crippen LogP contribution in [0.15, 0.2) is 34.9 Å². The molecular formula is C16H16BrN5O3. The molecule has 0 spiro atoms. The second-order valence-corrected chi connectivity index (χ2v) is 5.72. The standard InChI is InChI=1S/C16H16BrN5O3/c1-2-6-25-15-12(17)9-19-16(22-15)21-11-5-3-4-10(7-11)20-14(24)8-13(18)23/h1,3-5,7,9,13,23H,6,8,18H2,(H,20,24)(H,19,21,22). The molecule has 2 aromatic rings. The van der Waals surface area contributed by atoms with Crippen molar-refractivity contribution in [2.24, 2.45) is 5.73 Å². The Morgan fingerprint density at radius 2 is 2.24 bits per heavy atom. The van der Waals surface area contributed by atoms with Crippen molar-refractivity contribution in [3.63, 3.8) is 0 Å². The quantitative estimate of drug-likeness (QED) is 0.407. The number of ether oxygens (including phenoxy) is 1. The van der Waals surface area contributed by atoms with Gasteiger partial charge < -0.3 is 26.2 Å².